The number of benzene rings is 2. The number of rotatable bonds is 6. The second-order valence-electron chi connectivity index (χ2n) is 10.5. The molecule has 4 aromatic rings. The molecule has 38 heavy (non-hydrogen) atoms. The van der Waals surface area contributed by atoms with E-state index in [1.165, 1.54) is 33.7 Å². The summed E-state index contributed by atoms with van der Waals surface area (Å²) in [6.45, 7) is 8.40. The topological polar surface area (TPSA) is 49.6 Å². The summed E-state index contributed by atoms with van der Waals surface area (Å²) >= 11 is 1.67. The van der Waals surface area contributed by atoms with E-state index >= 15 is 0 Å². The van der Waals surface area contributed by atoms with Crippen LogP contribution < -0.4 is 10.2 Å². The van der Waals surface area contributed by atoms with Gasteiger partial charge in [0.05, 0.1) is 5.56 Å². The second-order valence-corrected chi connectivity index (χ2v) is 11.6. The van der Waals surface area contributed by atoms with Crippen LogP contribution in [0.3, 0.4) is 0 Å². The van der Waals surface area contributed by atoms with Crippen LogP contribution in [0.5, 0.6) is 0 Å². The maximum atomic E-state index is 13.6. The van der Waals surface area contributed by atoms with E-state index in [-0.39, 0.29) is 5.91 Å². The van der Waals surface area contributed by atoms with Crippen molar-refractivity contribution < 1.29 is 4.79 Å². The van der Waals surface area contributed by atoms with Gasteiger partial charge in [-0.1, -0.05) is 6.07 Å². The molecule has 1 aliphatic carbocycles. The van der Waals surface area contributed by atoms with Crippen LogP contribution in [0.4, 0.5) is 16.4 Å². The Hall–Kier alpha value is -3.64. The zero-order chi connectivity index (χ0) is 27.0. The number of nitrogens with one attached hydrogen (secondary N) is 1. The number of aliphatic imine (C=N–C) groups is 1. The van der Waals surface area contributed by atoms with Gasteiger partial charge in [0.15, 0.2) is 0 Å². The first-order valence-corrected chi connectivity index (χ1v) is 14.1. The highest BCUT2D eigenvalue weighted by molar-refractivity contribution is 7.16. The lowest BCUT2D eigenvalue weighted by molar-refractivity contribution is 0.102. The number of aryl methyl sites for hydroxylation is 4. The molecule has 0 fully saturated rings. The number of aromatic nitrogens is 1. The number of nitrogens with zero attached hydrogens (tertiary/aromatic N) is 3. The van der Waals surface area contributed by atoms with Gasteiger partial charge >= 0.3 is 0 Å². The summed E-state index contributed by atoms with van der Waals surface area (Å²) in [7, 11) is 4.10. The lowest BCUT2D eigenvalue weighted by Crippen LogP contribution is -2.15. The number of carbonyl (C=O) groups is 1. The Balaban J connectivity index is 1.47. The maximum Gasteiger partial charge on any atom is 0.259 e. The van der Waals surface area contributed by atoms with Crippen molar-refractivity contribution in [3.8, 4) is 5.69 Å². The molecular weight excluding hydrogens is 488 g/mol. The number of amides is 1. The van der Waals surface area contributed by atoms with Crippen molar-refractivity contribution in [3.63, 3.8) is 0 Å². The fourth-order valence-corrected chi connectivity index (χ4v) is 6.46. The molecule has 0 unspecified atom stereocenters. The third-order valence-corrected chi connectivity index (χ3v) is 8.76. The lowest BCUT2D eigenvalue weighted by Gasteiger charge is -2.14. The molecule has 1 N–H and O–H groups in total. The largest absolute Gasteiger partial charge is 0.378 e. The van der Waals surface area contributed by atoms with Crippen molar-refractivity contribution in [2.45, 2.75) is 53.4 Å². The fraction of sp³-hybridized carbons (Fsp3) is 0.312. The van der Waals surface area contributed by atoms with Gasteiger partial charge in [0.2, 0.25) is 0 Å². The first kappa shape index (κ1) is 26.0. The smallest absolute Gasteiger partial charge is 0.259 e. The highest BCUT2D eigenvalue weighted by Gasteiger charge is 2.25. The molecule has 2 aromatic heterocycles. The molecule has 2 heterocycles. The summed E-state index contributed by atoms with van der Waals surface area (Å²) in [4.78, 5) is 21.9. The summed E-state index contributed by atoms with van der Waals surface area (Å²) in [5.41, 5.74) is 10.8. The normalized spacial score (nSPS) is 13.1. The van der Waals surface area contributed by atoms with Crippen LogP contribution in [0.15, 0.2) is 53.5 Å². The van der Waals surface area contributed by atoms with Crippen LogP contribution >= 0.6 is 11.3 Å². The van der Waals surface area contributed by atoms with Crippen molar-refractivity contribution >= 4 is 39.8 Å². The Morgan fingerprint density at radius 3 is 2.42 bits per heavy atom. The molecule has 0 saturated carbocycles. The minimum absolute atomic E-state index is 0.0637. The average molecular weight is 525 g/mol. The quantitative estimate of drug-likeness (QED) is 0.263. The van der Waals surface area contributed by atoms with E-state index in [1.54, 1.807) is 11.3 Å². The predicted molar refractivity (Wildman–Crippen MR) is 162 cm³/mol. The molecule has 1 aliphatic rings. The zero-order valence-corrected chi connectivity index (χ0v) is 24.0. The zero-order valence-electron chi connectivity index (χ0n) is 23.2. The molecule has 0 radical (unpaired) electrons. The Morgan fingerprint density at radius 2 is 1.71 bits per heavy atom. The van der Waals surface area contributed by atoms with Gasteiger partial charge in [-0.15, -0.1) is 11.3 Å². The highest BCUT2D eigenvalue weighted by Crippen LogP contribution is 2.40. The molecule has 6 heteroatoms. The molecule has 5 rings (SSSR count). The fourth-order valence-electron chi connectivity index (χ4n) is 5.23. The molecule has 196 valence electrons. The van der Waals surface area contributed by atoms with E-state index in [4.69, 9.17) is 4.99 Å². The van der Waals surface area contributed by atoms with Gasteiger partial charge < -0.3 is 14.8 Å². The molecule has 0 bridgehead atoms. The Bertz CT molecular complexity index is 1520. The summed E-state index contributed by atoms with van der Waals surface area (Å²) in [5.74, 6) is -0.0637. The molecule has 0 spiro atoms. The average Bonchev–Trinajstić information content (AvgIpc) is 3.41. The highest BCUT2D eigenvalue weighted by atomic mass is 32.1. The van der Waals surface area contributed by atoms with E-state index in [0.717, 1.165) is 58.2 Å². The molecule has 0 atom stereocenters. The second kappa shape index (κ2) is 10.6. The van der Waals surface area contributed by atoms with E-state index in [0.29, 0.717) is 0 Å². The predicted octanol–water partition coefficient (Wildman–Crippen LogP) is 7.72. The van der Waals surface area contributed by atoms with Gasteiger partial charge in [0.25, 0.3) is 5.91 Å². The van der Waals surface area contributed by atoms with Crippen LogP contribution in [-0.2, 0) is 12.8 Å². The van der Waals surface area contributed by atoms with Crippen molar-refractivity contribution in [1.29, 1.82) is 0 Å². The summed E-state index contributed by atoms with van der Waals surface area (Å²) in [6.07, 6.45) is 6.18. The third-order valence-electron chi connectivity index (χ3n) is 7.56. The van der Waals surface area contributed by atoms with Gasteiger partial charge in [-0.2, -0.15) is 0 Å². The summed E-state index contributed by atoms with van der Waals surface area (Å²) in [6, 6.07) is 16.8. The van der Waals surface area contributed by atoms with E-state index in [2.05, 4.69) is 93.0 Å². The maximum absolute atomic E-state index is 13.6. The molecule has 1 amide bonds. The third kappa shape index (κ3) is 5.05. The number of hydrogen-bond acceptors (Lipinski definition) is 4. The minimum Gasteiger partial charge on any atom is -0.378 e. The molecule has 0 saturated heterocycles. The van der Waals surface area contributed by atoms with Crippen LogP contribution in [-0.4, -0.2) is 30.8 Å². The first-order chi connectivity index (χ1) is 18.2. The van der Waals surface area contributed by atoms with Crippen molar-refractivity contribution in [2.24, 2.45) is 4.99 Å². The van der Waals surface area contributed by atoms with Gasteiger partial charge in [-0.05, 0) is 113 Å². The molecule has 5 nitrogen and oxygen atoms in total. The Morgan fingerprint density at radius 1 is 0.974 bits per heavy atom. The number of carbonyl (C=O) groups excluding carboxylic acids is 1. The lowest BCUT2D eigenvalue weighted by atomic mass is 9.95. The number of anilines is 2. The minimum atomic E-state index is -0.0637. The first-order valence-electron chi connectivity index (χ1n) is 13.3. The Labute approximate surface area is 229 Å². The van der Waals surface area contributed by atoms with E-state index in [1.807, 2.05) is 18.3 Å². The number of thiophene rings is 1. The molecule has 2 aromatic carbocycles. The van der Waals surface area contributed by atoms with Gasteiger partial charge in [0, 0.05) is 59.2 Å². The van der Waals surface area contributed by atoms with Gasteiger partial charge in [-0.25, -0.2) is 4.99 Å². The van der Waals surface area contributed by atoms with Gasteiger partial charge in [0.1, 0.15) is 5.00 Å². The summed E-state index contributed by atoms with van der Waals surface area (Å²) < 4.78 is 2.26. The number of fused-ring (bicyclic) bond motifs is 1. The van der Waals surface area contributed by atoms with Crippen molar-refractivity contribution in [2.75, 3.05) is 24.3 Å². The SMILES string of the molecule is Cc1ccc(NC(=O)c2c(N=Cc3cc(C)n(-c4ccc(N(C)C)cc4)c3C)sc3c2CCCC3)cc1C. The molecular formula is C32H36N4OS. The summed E-state index contributed by atoms with van der Waals surface area (Å²) in [5, 5.41) is 3.95. The standard InChI is InChI=1S/C32H36N4OS/c1-20-11-12-25(17-21(20)2)34-31(37)30-28-9-7-8-10-29(28)38-32(30)33-19-24-18-22(3)36(23(24)4)27-15-13-26(14-16-27)35(5)6/h11-19H,7-10H2,1-6H3,(H,34,37). The molecule has 0 aliphatic heterocycles. The van der Waals surface area contributed by atoms with Crippen molar-refractivity contribution in [3.05, 3.63) is 92.6 Å². The van der Waals surface area contributed by atoms with Gasteiger partial charge in [-0.3, -0.25) is 4.79 Å². The van der Waals surface area contributed by atoms with Crippen LogP contribution in [0.1, 0.15) is 61.7 Å². The van der Waals surface area contributed by atoms with E-state index in [9.17, 15) is 4.79 Å². The van der Waals surface area contributed by atoms with Crippen LogP contribution in [0.25, 0.3) is 5.69 Å². The van der Waals surface area contributed by atoms with Crippen LogP contribution in [0.2, 0.25) is 0 Å². The Kier molecular flexibility index (Phi) is 7.26. The van der Waals surface area contributed by atoms with Crippen molar-refractivity contribution in [1.82, 2.24) is 4.57 Å². The van der Waals surface area contributed by atoms with Crippen LogP contribution in [0, 0.1) is 27.7 Å². The monoisotopic (exact) mass is 524 g/mol. The number of hydrogen-bond donors (Lipinski definition) is 1. The van der Waals surface area contributed by atoms with E-state index < -0.39 is 0 Å².